The summed E-state index contributed by atoms with van der Waals surface area (Å²) in [5.41, 5.74) is 3.74. The van der Waals surface area contributed by atoms with E-state index in [1.54, 1.807) is 0 Å². The third kappa shape index (κ3) is 5.20. The standard InChI is InChI=1S/C23H22N2O3/c1-28-22(26)21(16-17-8-4-2-5-9-17)25-23(27)24-20-14-12-19(13-15-20)18-10-6-3-7-11-18/h2-15,21H,16H2,1H3,(H2,24,25,27)/t21-/m0/s1. The van der Waals surface area contributed by atoms with Crippen LogP contribution in [0.4, 0.5) is 10.5 Å². The first-order chi connectivity index (χ1) is 13.7. The van der Waals surface area contributed by atoms with Crippen LogP contribution in [0.1, 0.15) is 5.56 Å². The number of ether oxygens (including phenoxy) is 1. The molecule has 0 fully saturated rings. The quantitative estimate of drug-likeness (QED) is 0.634. The molecule has 1 atom stereocenters. The highest BCUT2D eigenvalue weighted by molar-refractivity contribution is 5.92. The zero-order valence-electron chi connectivity index (χ0n) is 15.6. The molecule has 5 nitrogen and oxygen atoms in total. The predicted octanol–water partition coefficient (Wildman–Crippen LogP) is 4.26. The fraction of sp³-hybridized carbons (Fsp3) is 0.130. The van der Waals surface area contributed by atoms with Crippen LogP contribution in [0.2, 0.25) is 0 Å². The monoisotopic (exact) mass is 374 g/mol. The smallest absolute Gasteiger partial charge is 0.328 e. The lowest BCUT2D eigenvalue weighted by Gasteiger charge is -2.17. The van der Waals surface area contributed by atoms with Gasteiger partial charge in [0.2, 0.25) is 0 Å². The lowest BCUT2D eigenvalue weighted by Crippen LogP contribution is -2.45. The molecule has 28 heavy (non-hydrogen) atoms. The average Bonchev–Trinajstić information content (AvgIpc) is 2.74. The molecule has 2 N–H and O–H groups in total. The van der Waals surface area contributed by atoms with Crippen molar-refractivity contribution < 1.29 is 14.3 Å². The minimum atomic E-state index is -0.768. The third-order valence-corrected chi connectivity index (χ3v) is 4.32. The van der Waals surface area contributed by atoms with Crippen LogP contribution in [-0.4, -0.2) is 25.2 Å². The van der Waals surface area contributed by atoms with Crippen molar-refractivity contribution in [2.45, 2.75) is 12.5 Å². The molecule has 2 amide bonds. The maximum Gasteiger partial charge on any atom is 0.328 e. The number of methoxy groups -OCH3 is 1. The van der Waals surface area contributed by atoms with Gasteiger partial charge in [0, 0.05) is 12.1 Å². The van der Waals surface area contributed by atoms with Gasteiger partial charge in [-0.1, -0.05) is 72.8 Å². The maximum absolute atomic E-state index is 12.4. The molecular formula is C23H22N2O3. The first kappa shape index (κ1) is 19.2. The number of esters is 1. The van der Waals surface area contributed by atoms with Crippen LogP contribution in [0.25, 0.3) is 11.1 Å². The topological polar surface area (TPSA) is 67.4 Å². The number of urea groups is 1. The Bertz CT molecular complexity index is 910. The Morgan fingerprint density at radius 3 is 2.00 bits per heavy atom. The molecule has 3 aromatic rings. The van der Waals surface area contributed by atoms with Gasteiger partial charge in [-0.25, -0.2) is 9.59 Å². The number of anilines is 1. The number of carbonyl (C=O) groups is 2. The minimum absolute atomic E-state index is 0.355. The third-order valence-electron chi connectivity index (χ3n) is 4.32. The van der Waals surface area contributed by atoms with Gasteiger partial charge in [0.15, 0.2) is 0 Å². The lowest BCUT2D eigenvalue weighted by atomic mass is 10.1. The van der Waals surface area contributed by atoms with Crippen LogP contribution in [0.15, 0.2) is 84.9 Å². The second-order valence-electron chi connectivity index (χ2n) is 6.31. The second-order valence-corrected chi connectivity index (χ2v) is 6.31. The van der Waals surface area contributed by atoms with Crippen LogP contribution in [0, 0.1) is 0 Å². The van der Waals surface area contributed by atoms with Gasteiger partial charge in [-0.05, 0) is 28.8 Å². The van der Waals surface area contributed by atoms with Crippen LogP contribution in [0.5, 0.6) is 0 Å². The molecule has 0 saturated heterocycles. The fourth-order valence-corrected chi connectivity index (χ4v) is 2.89. The van der Waals surface area contributed by atoms with Crippen LogP contribution < -0.4 is 10.6 Å². The molecule has 0 spiro atoms. The van der Waals surface area contributed by atoms with Crippen molar-refractivity contribution in [1.82, 2.24) is 5.32 Å². The van der Waals surface area contributed by atoms with E-state index in [-0.39, 0.29) is 0 Å². The van der Waals surface area contributed by atoms with E-state index < -0.39 is 18.0 Å². The Morgan fingerprint density at radius 2 is 1.39 bits per heavy atom. The Balaban J connectivity index is 1.63. The van der Waals surface area contributed by atoms with Crippen molar-refractivity contribution >= 4 is 17.7 Å². The van der Waals surface area contributed by atoms with E-state index in [4.69, 9.17) is 4.74 Å². The SMILES string of the molecule is COC(=O)[C@H](Cc1ccccc1)NC(=O)Nc1ccc(-c2ccccc2)cc1. The summed E-state index contributed by atoms with van der Waals surface area (Å²) >= 11 is 0. The normalized spacial score (nSPS) is 11.3. The Hall–Kier alpha value is -3.60. The predicted molar refractivity (Wildman–Crippen MR) is 110 cm³/mol. The molecule has 0 aromatic heterocycles. The van der Waals surface area contributed by atoms with E-state index in [1.807, 2.05) is 84.9 Å². The van der Waals surface area contributed by atoms with Gasteiger partial charge >= 0.3 is 12.0 Å². The maximum atomic E-state index is 12.4. The van der Waals surface area contributed by atoms with E-state index in [1.165, 1.54) is 7.11 Å². The van der Waals surface area contributed by atoms with Crippen molar-refractivity contribution in [2.75, 3.05) is 12.4 Å². The van der Waals surface area contributed by atoms with Crippen LogP contribution in [0.3, 0.4) is 0 Å². The van der Waals surface area contributed by atoms with Crippen LogP contribution >= 0.6 is 0 Å². The molecule has 0 aliphatic rings. The Kier molecular flexibility index (Phi) is 6.41. The molecule has 3 aromatic carbocycles. The number of benzene rings is 3. The van der Waals surface area contributed by atoms with Gasteiger partial charge < -0.3 is 15.4 Å². The molecule has 0 unspecified atom stereocenters. The van der Waals surface area contributed by atoms with Gasteiger partial charge in [-0.2, -0.15) is 0 Å². The number of carbonyl (C=O) groups excluding carboxylic acids is 2. The molecule has 0 aliphatic carbocycles. The summed E-state index contributed by atoms with van der Waals surface area (Å²) in [6.45, 7) is 0. The summed E-state index contributed by atoms with van der Waals surface area (Å²) in [5.74, 6) is -0.488. The number of rotatable bonds is 6. The molecular weight excluding hydrogens is 352 g/mol. The summed E-state index contributed by atoms with van der Waals surface area (Å²) in [6, 6.07) is 25.8. The van der Waals surface area contributed by atoms with Crippen LogP contribution in [-0.2, 0) is 16.0 Å². The number of nitrogens with one attached hydrogen (secondary N) is 2. The molecule has 0 saturated carbocycles. The first-order valence-electron chi connectivity index (χ1n) is 9.00. The van der Waals surface area contributed by atoms with Crippen molar-refractivity contribution in [3.05, 3.63) is 90.5 Å². The first-order valence-corrected chi connectivity index (χ1v) is 9.00. The molecule has 142 valence electrons. The van der Waals surface area contributed by atoms with Gasteiger partial charge in [0.1, 0.15) is 6.04 Å². The molecule has 0 heterocycles. The Morgan fingerprint density at radius 1 is 0.821 bits per heavy atom. The summed E-state index contributed by atoms with van der Waals surface area (Å²) < 4.78 is 4.82. The summed E-state index contributed by atoms with van der Waals surface area (Å²) in [6.07, 6.45) is 0.355. The van der Waals surface area contributed by atoms with Crippen molar-refractivity contribution in [3.8, 4) is 11.1 Å². The molecule has 5 heteroatoms. The molecule has 0 bridgehead atoms. The zero-order chi connectivity index (χ0) is 19.8. The number of hydrogen-bond acceptors (Lipinski definition) is 3. The molecule has 0 aliphatic heterocycles. The Labute approximate surface area is 164 Å². The largest absolute Gasteiger partial charge is 0.467 e. The van der Waals surface area contributed by atoms with Crippen molar-refractivity contribution in [2.24, 2.45) is 0 Å². The highest BCUT2D eigenvalue weighted by Crippen LogP contribution is 2.21. The fourth-order valence-electron chi connectivity index (χ4n) is 2.89. The molecule has 0 radical (unpaired) electrons. The summed E-state index contributed by atoms with van der Waals surface area (Å²) in [4.78, 5) is 24.4. The summed E-state index contributed by atoms with van der Waals surface area (Å²) in [5, 5.41) is 5.44. The van der Waals surface area contributed by atoms with E-state index >= 15 is 0 Å². The number of amides is 2. The van der Waals surface area contributed by atoms with Gasteiger partial charge in [0.25, 0.3) is 0 Å². The second kappa shape index (κ2) is 9.37. The highest BCUT2D eigenvalue weighted by atomic mass is 16.5. The lowest BCUT2D eigenvalue weighted by molar-refractivity contribution is -0.142. The van der Waals surface area contributed by atoms with Crippen molar-refractivity contribution in [1.29, 1.82) is 0 Å². The van der Waals surface area contributed by atoms with E-state index in [0.29, 0.717) is 12.1 Å². The van der Waals surface area contributed by atoms with Gasteiger partial charge in [0.05, 0.1) is 7.11 Å². The van der Waals surface area contributed by atoms with Crippen molar-refractivity contribution in [3.63, 3.8) is 0 Å². The van der Waals surface area contributed by atoms with E-state index in [0.717, 1.165) is 16.7 Å². The van der Waals surface area contributed by atoms with E-state index in [2.05, 4.69) is 10.6 Å². The van der Waals surface area contributed by atoms with Gasteiger partial charge in [-0.15, -0.1) is 0 Å². The minimum Gasteiger partial charge on any atom is -0.467 e. The molecule has 3 rings (SSSR count). The van der Waals surface area contributed by atoms with Gasteiger partial charge in [-0.3, -0.25) is 0 Å². The highest BCUT2D eigenvalue weighted by Gasteiger charge is 2.22. The zero-order valence-corrected chi connectivity index (χ0v) is 15.6. The van der Waals surface area contributed by atoms with E-state index in [9.17, 15) is 9.59 Å². The number of hydrogen-bond donors (Lipinski definition) is 2. The summed E-state index contributed by atoms with van der Waals surface area (Å²) in [7, 11) is 1.31. The average molecular weight is 374 g/mol.